The number of rotatable bonds is 8. The van der Waals surface area contributed by atoms with Crippen LogP contribution in [0.1, 0.15) is 25.3 Å². The van der Waals surface area contributed by atoms with Crippen molar-refractivity contribution in [3.63, 3.8) is 0 Å². The van der Waals surface area contributed by atoms with Crippen LogP contribution in [0.2, 0.25) is 0 Å². The Morgan fingerprint density at radius 1 is 1.19 bits per heavy atom. The quantitative estimate of drug-likeness (QED) is 0.560. The van der Waals surface area contributed by atoms with Crippen LogP contribution in [0.3, 0.4) is 0 Å². The van der Waals surface area contributed by atoms with Gasteiger partial charge in [0.15, 0.2) is 0 Å². The van der Waals surface area contributed by atoms with E-state index in [0.717, 1.165) is 35.5 Å². The number of carbonyl (C=O) groups excluding carboxylic acids is 1. The Morgan fingerprint density at radius 3 is 2.78 bits per heavy atom. The van der Waals surface area contributed by atoms with Crippen molar-refractivity contribution >= 4 is 11.7 Å². The number of hydrogen-bond donors (Lipinski definition) is 2. The normalized spacial score (nSPS) is 10.4. The molecule has 6 heteroatoms. The number of aromatic nitrogens is 1. The van der Waals surface area contributed by atoms with Gasteiger partial charge in [-0.05, 0) is 54.4 Å². The summed E-state index contributed by atoms with van der Waals surface area (Å²) >= 11 is 0. The van der Waals surface area contributed by atoms with Crippen LogP contribution in [0, 0.1) is 0 Å². The molecule has 0 aliphatic heterocycles. The van der Waals surface area contributed by atoms with Crippen molar-refractivity contribution in [2.24, 2.45) is 0 Å². The summed E-state index contributed by atoms with van der Waals surface area (Å²) in [6, 6.07) is 12.7. The highest BCUT2D eigenvalue weighted by molar-refractivity contribution is 5.89. The molecular formula is C21H23N3O3. The summed E-state index contributed by atoms with van der Waals surface area (Å²) < 4.78 is 11.0. The van der Waals surface area contributed by atoms with Gasteiger partial charge in [-0.15, -0.1) is 0 Å². The first-order valence-corrected chi connectivity index (χ1v) is 9.00. The molecule has 2 aromatic heterocycles. The number of benzene rings is 1. The number of urea groups is 1. The molecule has 0 spiro atoms. The zero-order valence-electron chi connectivity index (χ0n) is 15.3. The van der Waals surface area contributed by atoms with E-state index in [1.807, 2.05) is 42.5 Å². The molecule has 6 nitrogen and oxygen atoms in total. The summed E-state index contributed by atoms with van der Waals surface area (Å²) in [5.41, 5.74) is 2.47. The summed E-state index contributed by atoms with van der Waals surface area (Å²) in [4.78, 5) is 16.3. The molecule has 0 aliphatic carbocycles. The minimum atomic E-state index is -0.280. The molecule has 0 saturated heterocycles. The molecule has 2 N–H and O–H groups in total. The number of amides is 2. The highest BCUT2D eigenvalue weighted by atomic mass is 16.5. The maximum absolute atomic E-state index is 12.1. The number of hydrogen-bond acceptors (Lipinski definition) is 4. The van der Waals surface area contributed by atoms with Crippen LogP contribution >= 0.6 is 0 Å². The molecule has 0 unspecified atom stereocenters. The van der Waals surface area contributed by atoms with Crippen molar-refractivity contribution in [1.82, 2.24) is 10.3 Å². The van der Waals surface area contributed by atoms with Crippen molar-refractivity contribution in [2.45, 2.75) is 26.3 Å². The molecule has 0 saturated carbocycles. The lowest BCUT2D eigenvalue weighted by atomic mass is 10.1. The Bertz CT molecular complexity index is 845. The molecule has 0 radical (unpaired) electrons. The standard InChI is InChI=1S/C21H23N3O3/c1-2-3-10-26-19-8-6-18(7-9-19)24-21(25)23-14-16-12-17(15-22-13-16)20-5-4-11-27-20/h4-9,11-13,15H,2-3,10,14H2,1H3,(H2,23,24,25). The lowest BCUT2D eigenvalue weighted by Gasteiger charge is -2.09. The monoisotopic (exact) mass is 365 g/mol. The Labute approximate surface area is 158 Å². The third-order valence-corrected chi connectivity index (χ3v) is 3.93. The molecule has 140 valence electrons. The Kier molecular flexibility index (Phi) is 6.46. The van der Waals surface area contributed by atoms with Crippen LogP contribution in [0.5, 0.6) is 5.75 Å². The second-order valence-corrected chi connectivity index (χ2v) is 6.09. The van der Waals surface area contributed by atoms with E-state index in [1.54, 1.807) is 18.7 Å². The average molecular weight is 365 g/mol. The molecule has 0 fully saturated rings. The summed E-state index contributed by atoms with van der Waals surface area (Å²) in [6.45, 7) is 3.19. The topological polar surface area (TPSA) is 76.4 Å². The van der Waals surface area contributed by atoms with Crippen LogP contribution in [-0.4, -0.2) is 17.6 Å². The van der Waals surface area contributed by atoms with Gasteiger partial charge in [0, 0.05) is 30.2 Å². The van der Waals surface area contributed by atoms with Crippen molar-refractivity contribution in [3.8, 4) is 17.1 Å². The van der Waals surface area contributed by atoms with Crippen molar-refractivity contribution in [2.75, 3.05) is 11.9 Å². The SMILES string of the molecule is CCCCOc1ccc(NC(=O)NCc2cncc(-c3ccco3)c2)cc1. The molecule has 1 aromatic carbocycles. The summed E-state index contributed by atoms with van der Waals surface area (Å²) in [5, 5.41) is 5.63. The first-order chi connectivity index (χ1) is 13.2. The third-order valence-electron chi connectivity index (χ3n) is 3.93. The van der Waals surface area contributed by atoms with Gasteiger partial charge in [0.1, 0.15) is 11.5 Å². The fourth-order valence-corrected chi connectivity index (χ4v) is 2.49. The fourth-order valence-electron chi connectivity index (χ4n) is 2.49. The first kappa shape index (κ1) is 18.5. The smallest absolute Gasteiger partial charge is 0.319 e. The zero-order valence-corrected chi connectivity index (χ0v) is 15.3. The number of furan rings is 1. The largest absolute Gasteiger partial charge is 0.494 e. The van der Waals surface area contributed by atoms with Crippen molar-refractivity contribution in [3.05, 3.63) is 66.7 Å². The van der Waals surface area contributed by atoms with E-state index in [2.05, 4.69) is 22.5 Å². The number of nitrogens with one attached hydrogen (secondary N) is 2. The van der Waals surface area contributed by atoms with Gasteiger partial charge in [-0.25, -0.2) is 4.79 Å². The second kappa shape index (κ2) is 9.43. The molecule has 0 bridgehead atoms. The van der Waals surface area contributed by atoms with Crippen LogP contribution in [0.4, 0.5) is 10.5 Å². The van der Waals surface area contributed by atoms with E-state index in [-0.39, 0.29) is 6.03 Å². The van der Waals surface area contributed by atoms with Gasteiger partial charge >= 0.3 is 6.03 Å². The van der Waals surface area contributed by atoms with E-state index >= 15 is 0 Å². The van der Waals surface area contributed by atoms with Gasteiger partial charge < -0.3 is 19.8 Å². The Balaban J connectivity index is 1.49. The zero-order chi connectivity index (χ0) is 18.9. The number of nitrogens with zero attached hydrogens (tertiary/aromatic N) is 1. The van der Waals surface area contributed by atoms with Crippen molar-refractivity contribution in [1.29, 1.82) is 0 Å². The van der Waals surface area contributed by atoms with Crippen LogP contribution in [-0.2, 0) is 6.54 Å². The number of ether oxygens (including phenoxy) is 1. The number of anilines is 1. The molecular weight excluding hydrogens is 342 g/mol. The fraction of sp³-hybridized carbons (Fsp3) is 0.238. The summed E-state index contributed by atoms with van der Waals surface area (Å²) in [7, 11) is 0. The number of pyridine rings is 1. The van der Waals surface area contributed by atoms with Crippen LogP contribution < -0.4 is 15.4 Å². The highest BCUT2D eigenvalue weighted by Crippen LogP contribution is 2.19. The average Bonchev–Trinajstić information content (AvgIpc) is 3.23. The van der Waals surface area contributed by atoms with Crippen LogP contribution in [0.25, 0.3) is 11.3 Å². The van der Waals surface area contributed by atoms with Gasteiger partial charge in [0.05, 0.1) is 12.9 Å². The van der Waals surface area contributed by atoms with Crippen molar-refractivity contribution < 1.29 is 13.9 Å². The van der Waals surface area contributed by atoms with Gasteiger partial charge in [0.25, 0.3) is 0 Å². The summed E-state index contributed by atoms with van der Waals surface area (Å²) in [5.74, 6) is 1.55. The highest BCUT2D eigenvalue weighted by Gasteiger charge is 2.05. The third kappa shape index (κ3) is 5.60. The van der Waals surface area contributed by atoms with E-state index in [0.29, 0.717) is 18.8 Å². The lowest BCUT2D eigenvalue weighted by molar-refractivity contribution is 0.251. The molecule has 3 aromatic rings. The molecule has 2 heterocycles. The van der Waals surface area contributed by atoms with Gasteiger partial charge in [-0.1, -0.05) is 13.3 Å². The molecule has 27 heavy (non-hydrogen) atoms. The second-order valence-electron chi connectivity index (χ2n) is 6.09. The lowest BCUT2D eigenvalue weighted by Crippen LogP contribution is -2.28. The van der Waals surface area contributed by atoms with E-state index in [1.165, 1.54) is 0 Å². The molecule has 0 atom stereocenters. The van der Waals surface area contributed by atoms with Gasteiger partial charge in [-0.2, -0.15) is 0 Å². The van der Waals surface area contributed by atoms with E-state index in [9.17, 15) is 4.79 Å². The predicted octanol–water partition coefficient (Wildman–Crippen LogP) is 4.84. The maximum Gasteiger partial charge on any atom is 0.319 e. The van der Waals surface area contributed by atoms with Crippen LogP contribution in [0.15, 0.2) is 65.5 Å². The molecule has 2 amide bonds. The van der Waals surface area contributed by atoms with E-state index in [4.69, 9.17) is 9.15 Å². The van der Waals surface area contributed by atoms with Gasteiger partial charge in [-0.3, -0.25) is 4.98 Å². The molecule has 3 rings (SSSR count). The number of carbonyl (C=O) groups is 1. The van der Waals surface area contributed by atoms with E-state index < -0.39 is 0 Å². The summed E-state index contributed by atoms with van der Waals surface area (Å²) in [6.07, 6.45) is 7.19. The van der Waals surface area contributed by atoms with Gasteiger partial charge in [0.2, 0.25) is 0 Å². The molecule has 0 aliphatic rings. The predicted molar refractivity (Wildman–Crippen MR) is 105 cm³/mol. The minimum absolute atomic E-state index is 0.280. The minimum Gasteiger partial charge on any atom is -0.494 e. The Morgan fingerprint density at radius 2 is 2.04 bits per heavy atom. The number of unbranched alkanes of at least 4 members (excludes halogenated alkanes) is 1. The first-order valence-electron chi connectivity index (χ1n) is 9.00. The Hall–Kier alpha value is -3.28. The maximum atomic E-state index is 12.1.